The normalized spacial score (nSPS) is 20.4. The molecule has 4 aliphatic heterocycles. The van der Waals surface area contributed by atoms with Gasteiger partial charge in [-0.05, 0) is 41.7 Å². The van der Waals surface area contributed by atoms with Crippen LogP contribution in [-0.2, 0) is 35.3 Å². The Morgan fingerprint density at radius 3 is 2.14 bits per heavy atom. The molecule has 0 bridgehead atoms. The maximum absolute atomic E-state index is 14.6. The maximum Gasteiger partial charge on any atom is 0.437 e. The van der Waals surface area contributed by atoms with Crippen molar-refractivity contribution in [1.29, 1.82) is 0 Å². The van der Waals surface area contributed by atoms with E-state index in [1.54, 1.807) is 25.1 Å². The predicted octanol–water partition coefficient (Wildman–Crippen LogP) is 6.32. The Balaban J connectivity index is 0.922. The van der Waals surface area contributed by atoms with Gasteiger partial charge in [-0.25, -0.2) is 4.98 Å². The standard InChI is InChI=1S/C43H46ClF3N8O4/c1-25(56)54-21-41(22-54)17-52(18-41)15-28-9-8-27(14-35(28)58-3)37-36(44)32(12-13-48-37)29-6-5-7-31-30(29)10-11-33(31)50-39-38(43(45,46)47)49-34(40(51-39)59-4)16-53-19-42(20-53)23-55(24-42)26(2)57/h5-9,12-14,33H,10-11,15-24H2,1-4H3,(H,50,51)/t33-/m0/s1. The summed E-state index contributed by atoms with van der Waals surface area (Å²) in [6, 6.07) is 13.2. The smallest absolute Gasteiger partial charge is 0.437 e. The SMILES string of the molecule is COc1cc(-c2nccc(-c3cccc4c3CC[C@@H]4Nc3nc(OC)c(CN4CC5(C4)CN(C(C)=O)C5)nc3C(F)(F)F)c2Cl)ccc1CN1CC2(C1)CN(C(C)=O)C2. The van der Waals surface area contributed by atoms with E-state index in [-0.39, 0.29) is 46.6 Å². The number of carbonyl (C=O) groups excluding carboxylic acids is 2. The molecule has 2 amide bonds. The molecule has 0 saturated carbocycles. The van der Waals surface area contributed by atoms with E-state index < -0.39 is 17.9 Å². The maximum atomic E-state index is 14.6. The molecule has 2 aromatic carbocycles. The van der Waals surface area contributed by atoms with Gasteiger partial charge in [-0.3, -0.25) is 24.4 Å². The summed E-state index contributed by atoms with van der Waals surface area (Å²) in [6.07, 6.45) is -1.91. The van der Waals surface area contributed by atoms with E-state index in [1.165, 1.54) is 14.0 Å². The van der Waals surface area contributed by atoms with Crippen molar-refractivity contribution >= 4 is 29.2 Å². The predicted molar refractivity (Wildman–Crippen MR) is 215 cm³/mol. The summed E-state index contributed by atoms with van der Waals surface area (Å²) in [5.74, 6) is 0.549. The van der Waals surface area contributed by atoms with Crippen molar-refractivity contribution in [3.63, 3.8) is 0 Å². The van der Waals surface area contributed by atoms with E-state index in [4.69, 9.17) is 21.1 Å². The van der Waals surface area contributed by atoms with Gasteiger partial charge >= 0.3 is 6.18 Å². The Kier molecular flexibility index (Phi) is 9.79. The van der Waals surface area contributed by atoms with Crippen LogP contribution < -0.4 is 14.8 Å². The highest BCUT2D eigenvalue weighted by Crippen LogP contribution is 2.46. The topological polar surface area (TPSA) is 116 Å². The molecule has 16 heteroatoms. The molecule has 0 radical (unpaired) electrons. The van der Waals surface area contributed by atoms with Crippen molar-refractivity contribution in [2.45, 2.75) is 52.0 Å². The number of anilines is 1. The fraction of sp³-hybridized carbons (Fsp3) is 0.465. The van der Waals surface area contributed by atoms with Crippen LogP contribution in [0.2, 0.25) is 5.02 Å². The number of aromatic nitrogens is 3. The van der Waals surface area contributed by atoms with Crippen molar-refractivity contribution in [2.24, 2.45) is 10.8 Å². The Morgan fingerprint density at radius 1 is 0.864 bits per heavy atom. The van der Waals surface area contributed by atoms with Gasteiger partial charge in [0.15, 0.2) is 11.5 Å². The number of rotatable bonds is 10. The van der Waals surface area contributed by atoms with Crippen molar-refractivity contribution in [3.05, 3.63) is 81.8 Å². The van der Waals surface area contributed by atoms with E-state index in [0.717, 1.165) is 71.9 Å². The summed E-state index contributed by atoms with van der Waals surface area (Å²) in [7, 11) is 3.03. The number of hydrogen-bond donors (Lipinski definition) is 1. The van der Waals surface area contributed by atoms with Crippen LogP contribution in [0.3, 0.4) is 0 Å². The van der Waals surface area contributed by atoms with E-state index in [9.17, 15) is 22.8 Å². The average Bonchev–Trinajstić information content (AvgIpc) is 3.54. The lowest BCUT2D eigenvalue weighted by Gasteiger charge is -2.60. The first-order valence-electron chi connectivity index (χ1n) is 19.9. The highest BCUT2D eigenvalue weighted by Gasteiger charge is 2.53. The number of ether oxygens (including phenoxy) is 2. The van der Waals surface area contributed by atoms with Crippen molar-refractivity contribution in [3.8, 4) is 34.0 Å². The molecule has 5 aliphatic rings. The van der Waals surface area contributed by atoms with E-state index >= 15 is 0 Å². The third-order valence-corrected chi connectivity index (χ3v) is 13.1. The van der Waals surface area contributed by atoms with Crippen LogP contribution in [0.5, 0.6) is 11.6 Å². The molecule has 2 aromatic heterocycles. The Hall–Kier alpha value is -4.99. The summed E-state index contributed by atoms with van der Waals surface area (Å²) in [6.45, 7) is 10.2. The van der Waals surface area contributed by atoms with Crippen LogP contribution >= 0.6 is 11.6 Å². The number of nitrogens with zero attached hydrogens (tertiary/aromatic N) is 7. The van der Waals surface area contributed by atoms with Gasteiger partial charge in [0.25, 0.3) is 0 Å². The third-order valence-electron chi connectivity index (χ3n) is 12.7. The molecule has 4 saturated heterocycles. The molecule has 1 N–H and O–H groups in total. The zero-order valence-corrected chi connectivity index (χ0v) is 34.2. The molecule has 4 aromatic rings. The van der Waals surface area contributed by atoms with Crippen LogP contribution in [0.1, 0.15) is 54.4 Å². The number of nitrogens with one attached hydrogen (secondary N) is 1. The minimum absolute atomic E-state index is 0.00650. The van der Waals surface area contributed by atoms with Gasteiger partial charge in [0.05, 0.1) is 31.0 Å². The van der Waals surface area contributed by atoms with Crippen molar-refractivity contribution < 1.29 is 32.2 Å². The van der Waals surface area contributed by atoms with Gasteiger partial charge in [0.1, 0.15) is 11.4 Å². The lowest BCUT2D eigenvalue weighted by Crippen LogP contribution is -2.72. The molecular weight excluding hydrogens is 785 g/mol. The number of hydrogen-bond acceptors (Lipinski definition) is 10. The molecule has 4 fully saturated rings. The highest BCUT2D eigenvalue weighted by atomic mass is 35.5. The van der Waals surface area contributed by atoms with Crippen molar-refractivity contribution in [1.82, 2.24) is 34.6 Å². The lowest BCUT2D eigenvalue weighted by atomic mass is 9.72. The molecule has 2 spiro atoms. The van der Waals surface area contributed by atoms with E-state index in [0.29, 0.717) is 49.7 Å². The largest absolute Gasteiger partial charge is 0.496 e. The Labute approximate surface area is 345 Å². The number of fused-ring (bicyclic) bond motifs is 1. The van der Waals surface area contributed by atoms with Crippen molar-refractivity contribution in [2.75, 3.05) is 71.9 Å². The number of carbonyl (C=O) groups is 2. The molecule has 310 valence electrons. The average molecular weight is 831 g/mol. The van der Waals surface area contributed by atoms with Gasteiger partial charge in [-0.15, -0.1) is 0 Å². The second-order valence-corrected chi connectivity index (χ2v) is 17.4. The third kappa shape index (κ3) is 7.14. The van der Waals surface area contributed by atoms with Crippen LogP contribution in [-0.4, -0.2) is 113 Å². The Bertz CT molecular complexity index is 2330. The molecule has 9 rings (SSSR count). The van der Waals surface area contributed by atoms with Crippen LogP contribution in [0.15, 0.2) is 48.7 Å². The quantitative estimate of drug-likeness (QED) is 0.195. The minimum atomic E-state index is -4.76. The molecule has 1 aliphatic carbocycles. The summed E-state index contributed by atoms with van der Waals surface area (Å²) >= 11 is 7.17. The fourth-order valence-electron chi connectivity index (χ4n) is 9.97. The van der Waals surface area contributed by atoms with Gasteiger partial charge in [-0.1, -0.05) is 41.9 Å². The molecule has 59 heavy (non-hydrogen) atoms. The van der Waals surface area contributed by atoms with Gasteiger partial charge < -0.3 is 24.6 Å². The molecular formula is C43H46ClF3N8O4. The number of alkyl halides is 3. The number of pyridine rings is 1. The first kappa shape index (κ1) is 39.5. The number of amides is 2. The first-order chi connectivity index (χ1) is 28.2. The lowest BCUT2D eigenvalue weighted by molar-refractivity contribution is -0.158. The highest BCUT2D eigenvalue weighted by molar-refractivity contribution is 6.35. The molecule has 6 heterocycles. The second-order valence-electron chi connectivity index (χ2n) is 17.1. The van der Waals surface area contributed by atoms with Gasteiger partial charge in [0, 0.05) is 113 Å². The monoisotopic (exact) mass is 830 g/mol. The first-order valence-corrected chi connectivity index (χ1v) is 20.2. The molecule has 0 unspecified atom stereocenters. The second kappa shape index (κ2) is 14.6. The summed E-state index contributed by atoms with van der Waals surface area (Å²) < 4.78 is 55.2. The molecule has 12 nitrogen and oxygen atoms in total. The van der Waals surface area contributed by atoms with E-state index in [2.05, 4.69) is 25.2 Å². The van der Waals surface area contributed by atoms with E-state index in [1.807, 2.05) is 52.3 Å². The number of likely N-dealkylation sites (tertiary alicyclic amines) is 4. The van der Waals surface area contributed by atoms with Crippen LogP contribution in [0, 0.1) is 10.8 Å². The number of benzene rings is 2. The summed E-state index contributed by atoms with van der Waals surface area (Å²) in [4.78, 5) is 44.5. The number of methoxy groups -OCH3 is 2. The van der Waals surface area contributed by atoms with Gasteiger partial charge in [0.2, 0.25) is 17.7 Å². The summed E-state index contributed by atoms with van der Waals surface area (Å²) in [5.41, 5.74) is 5.17. The van der Waals surface area contributed by atoms with Crippen LogP contribution in [0.4, 0.5) is 19.0 Å². The number of halogens is 4. The summed E-state index contributed by atoms with van der Waals surface area (Å²) in [5, 5.41) is 3.55. The van der Waals surface area contributed by atoms with Crippen LogP contribution in [0.25, 0.3) is 22.4 Å². The fourth-order valence-corrected chi connectivity index (χ4v) is 10.3. The minimum Gasteiger partial charge on any atom is -0.496 e. The van der Waals surface area contributed by atoms with Gasteiger partial charge in [-0.2, -0.15) is 18.2 Å². The molecule has 1 atom stereocenters. The Morgan fingerprint density at radius 2 is 1.53 bits per heavy atom. The zero-order valence-electron chi connectivity index (χ0n) is 33.5. The zero-order chi connectivity index (χ0) is 41.4.